The van der Waals surface area contributed by atoms with Gasteiger partial charge in [0.05, 0.1) is 6.54 Å². The number of nitrogens with zero attached hydrogens (tertiary/aromatic N) is 5. The summed E-state index contributed by atoms with van der Waals surface area (Å²) in [6.07, 6.45) is 2.76. The fourth-order valence-electron chi connectivity index (χ4n) is 2.79. The molecule has 1 aromatic carbocycles. The maximum Gasteiger partial charge on any atom is 0.151 e. The molecule has 148 valence electrons. The summed E-state index contributed by atoms with van der Waals surface area (Å²) < 4.78 is 29.5. The highest BCUT2D eigenvalue weighted by Crippen LogP contribution is 2.45. The van der Waals surface area contributed by atoms with Crippen molar-refractivity contribution in [3.63, 3.8) is 0 Å². The van der Waals surface area contributed by atoms with E-state index in [0.29, 0.717) is 10.8 Å². The maximum atomic E-state index is 14.6. The van der Waals surface area contributed by atoms with Gasteiger partial charge in [0, 0.05) is 22.8 Å². The van der Waals surface area contributed by atoms with Crippen molar-refractivity contribution in [3.05, 3.63) is 65.3 Å². The van der Waals surface area contributed by atoms with Crippen LogP contribution in [0.2, 0.25) is 5.15 Å². The zero-order valence-corrected chi connectivity index (χ0v) is 16.8. The lowest BCUT2D eigenvalue weighted by Crippen LogP contribution is -2.47. The van der Waals surface area contributed by atoms with Crippen LogP contribution in [0.25, 0.3) is 0 Å². The Balaban J connectivity index is 1.95. The molecule has 0 radical (unpaired) electrons. The van der Waals surface area contributed by atoms with Crippen LogP contribution >= 0.6 is 23.4 Å². The minimum Gasteiger partial charge on any atom is -0.383 e. The van der Waals surface area contributed by atoms with Gasteiger partial charge in [0.2, 0.25) is 0 Å². The molecule has 1 N–H and O–H groups in total. The van der Waals surface area contributed by atoms with Crippen molar-refractivity contribution in [1.82, 2.24) is 25.0 Å². The van der Waals surface area contributed by atoms with Crippen LogP contribution in [0.1, 0.15) is 19.4 Å². The number of halogens is 3. The number of aliphatic hydroxyl groups is 1. The minimum absolute atomic E-state index is 0.0165. The van der Waals surface area contributed by atoms with Crippen LogP contribution in [0.3, 0.4) is 0 Å². The van der Waals surface area contributed by atoms with Crippen molar-refractivity contribution in [2.45, 2.75) is 31.0 Å². The second kappa shape index (κ2) is 8.10. The molecule has 0 aliphatic rings. The predicted molar refractivity (Wildman–Crippen MR) is 102 cm³/mol. The molecule has 0 spiro atoms. The Morgan fingerprint density at radius 2 is 1.96 bits per heavy atom. The Labute approximate surface area is 170 Å². The second-order valence-electron chi connectivity index (χ2n) is 6.94. The van der Waals surface area contributed by atoms with E-state index >= 15 is 0 Å². The first kappa shape index (κ1) is 20.6. The molecule has 0 saturated heterocycles. The molecule has 2 heterocycles. The van der Waals surface area contributed by atoms with Crippen LogP contribution < -0.4 is 0 Å². The third kappa shape index (κ3) is 4.31. The summed E-state index contributed by atoms with van der Waals surface area (Å²) in [6, 6.07) is 6.47. The van der Waals surface area contributed by atoms with Gasteiger partial charge in [0.15, 0.2) is 5.15 Å². The van der Waals surface area contributed by atoms with Gasteiger partial charge in [-0.15, -0.1) is 22.0 Å². The van der Waals surface area contributed by atoms with E-state index in [0.717, 1.165) is 12.1 Å². The smallest absolute Gasteiger partial charge is 0.151 e. The summed E-state index contributed by atoms with van der Waals surface area (Å²) in [6.45, 7) is 3.53. The second-order valence-corrected chi connectivity index (χ2v) is 8.33. The van der Waals surface area contributed by atoms with E-state index in [2.05, 4.69) is 20.3 Å². The number of rotatable bonds is 7. The Bertz CT molecular complexity index is 940. The number of hydrogen-bond donors (Lipinski definition) is 1. The molecule has 0 aliphatic carbocycles. The number of aromatic nitrogens is 5. The van der Waals surface area contributed by atoms with Gasteiger partial charge >= 0.3 is 0 Å². The van der Waals surface area contributed by atoms with Crippen LogP contribution in [-0.4, -0.2) is 35.8 Å². The molecule has 0 amide bonds. The van der Waals surface area contributed by atoms with Gasteiger partial charge in [-0.2, -0.15) is 5.10 Å². The average Bonchev–Trinajstić information content (AvgIpc) is 3.13. The first-order valence-electron chi connectivity index (χ1n) is 8.34. The average molecular weight is 426 g/mol. The highest BCUT2D eigenvalue weighted by Gasteiger charge is 2.47. The molecular weight excluding hydrogens is 408 g/mol. The van der Waals surface area contributed by atoms with Crippen molar-refractivity contribution in [1.29, 1.82) is 0 Å². The van der Waals surface area contributed by atoms with Gasteiger partial charge in [-0.3, -0.25) is 0 Å². The molecule has 0 saturated carbocycles. The van der Waals surface area contributed by atoms with Gasteiger partial charge in [-0.1, -0.05) is 31.5 Å². The Morgan fingerprint density at radius 1 is 1.18 bits per heavy atom. The van der Waals surface area contributed by atoms with E-state index in [1.54, 1.807) is 26.0 Å². The zero-order valence-electron chi connectivity index (χ0n) is 15.2. The molecule has 2 aromatic heterocycles. The molecule has 0 fully saturated rings. The summed E-state index contributed by atoms with van der Waals surface area (Å²) in [5, 5.41) is 24.3. The summed E-state index contributed by atoms with van der Waals surface area (Å²) in [4.78, 5) is 3.87. The van der Waals surface area contributed by atoms with Crippen LogP contribution in [0.15, 0.2) is 48.0 Å². The van der Waals surface area contributed by atoms with Crippen LogP contribution in [-0.2, 0) is 12.1 Å². The highest BCUT2D eigenvalue weighted by atomic mass is 35.5. The van der Waals surface area contributed by atoms with E-state index in [1.165, 1.54) is 35.2 Å². The largest absolute Gasteiger partial charge is 0.383 e. The Morgan fingerprint density at radius 3 is 2.57 bits per heavy atom. The van der Waals surface area contributed by atoms with Gasteiger partial charge in [-0.25, -0.2) is 18.4 Å². The molecule has 1 atom stereocenters. The lowest BCUT2D eigenvalue weighted by atomic mass is 9.71. The summed E-state index contributed by atoms with van der Waals surface area (Å²) in [5.41, 5.74) is -2.59. The molecule has 0 aliphatic heterocycles. The van der Waals surface area contributed by atoms with E-state index in [4.69, 9.17) is 11.6 Å². The van der Waals surface area contributed by atoms with Gasteiger partial charge < -0.3 is 5.11 Å². The monoisotopic (exact) mass is 425 g/mol. The Kier molecular flexibility index (Phi) is 5.97. The van der Waals surface area contributed by atoms with E-state index in [1.807, 2.05) is 0 Å². The molecular formula is C18H18ClF2N5OS. The van der Waals surface area contributed by atoms with Crippen molar-refractivity contribution < 1.29 is 13.9 Å². The molecule has 1 unspecified atom stereocenters. The topological polar surface area (TPSA) is 76.7 Å². The molecule has 0 bridgehead atoms. The fourth-order valence-corrected chi connectivity index (χ4v) is 3.90. The summed E-state index contributed by atoms with van der Waals surface area (Å²) >= 11 is 7.10. The van der Waals surface area contributed by atoms with Crippen LogP contribution in [0.4, 0.5) is 8.78 Å². The molecule has 28 heavy (non-hydrogen) atoms. The van der Waals surface area contributed by atoms with Crippen molar-refractivity contribution in [2.24, 2.45) is 5.41 Å². The van der Waals surface area contributed by atoms with E-state index in [9.17, 15) is 13.9 Å². The third-order valence-corrected chi connectivity index (χ3v) is 6.12. The van der Waals surface area contributed by atoms with Crippen molar-refractivity contribution >= 4 is 23.4 Å². The van der Waals surface area contributed by atoms with Crippen molar-refractivity contribution in [3.8, 4) is 0 Å². The van der Waals surface area contributed by atoms with E-state index in [-0.39, 0.29) is 17.3 Å². The van der Waals surface area contributed by atoms with Crippen LogP contribution in [0, 0.1) is 17.0 Å². The number of hydrogen-bond acceptors (Lipinski definition) is 6. The third-order valence-electron chi connectivity index (χ3n) is 4.54. The number of thioether (sulfide) groups is 1. The SMILES string of the molecule is CC(C)(CSc1ccc(Cl)nn1)C(O)(Cn1cncn1)c1ccc(F)cc1F. The minimum atomic E-state index is -1.70. The molecule has 3 rings (SSSR count). The van der Waals surface area contributed by atoms with Crippen molar-refractivity contribution in [2.75, 3.05) is 5.75 Å². The zero-order chi connectivity index (χ0) is 20.4. The molecule has 10 heteroatoms. The van der Waals surface area contributed by atoms with Gasteiger partial charge in [-0.05, 0) is 18.2 Å². The Hall–Kier alpha value is -2.10. The normalized spacial score (nSPS) is 14.1. The van der Waals surface area contributed by atoms with E-state index < -0.39 is 22.7 Å². The standard InChI is InChI=1S/C18H18ClF2N5OS/c1-17(2,9-28-16-6-5-15(19)24-25-16)18(27,8-26-11-22-10-23-26)13-4-3-12(20)7-14(13)21/h3-7,10-11,27H,8-9H2,1-2H3. The van der Waals surface area contributed by atoms with Gasteiger partial charge in [0.25, 0.3) is 0 Å². The summed E-state index contributed by atoms with van der Waals surface area (Å²) in [7, 11) is 0. The maximum absolute atomic E-state index is 14.6. The summed E-state index contributed by atoms with van der Waals surface area (Å²) in [5.74, 6) is -1.18. The van der Waals surface area contributed by atoms with Gasteiger partial charge in [0.1, 0.15) is 34.9 Å². The van der Waals surface area contributed by atoms with Crippen LogP contribution in [0.5, 0.6) is 0 Å². The highest BCUT2D eigenvalue weighted by molar-refractivity contribution is 7.99. The molecule has 3 aromatic rings. The lowest BCUT2D eigenvalue weighted by Gasteiger charge is -2.43. The lowest BCUT2D eigenvalue weighted by molar-refractivity contribution is -0.0804. The predicted octanol–water partition coefficient (Wildman–Crippen LogP) is 3.71. The molecule has 6 nitrogen and oxygen atoms in total. The first-order valence-corrected chi connectivity index (χ1v) is 9.70. The number of benzene rings is 1. The quantitative estimate of drug-likeness (QED) is 0.581. The fraction of sp³-hybridized carbons (Fsp3) is 0.333. The first-order chi connectivity index (χ1) is 13.2.